The van der Waals surface area contributed by atoms with Crippen molar-refractivity contribution in [1.29, 1.82) is 0 Å². The number of morpholine rings is 1. The molecule has 0 spiro atoms. The number of rotatable bonds is 5. The summed E-state index contributed by atoms with van der Waals surface area (Å²) < 4.78 is 13.0. The minimum atomic E-state index is -0.368. The van der Waals surface area contributed by atoms with Gasteiger partial charge in [0, 0.05) is 30.6 Å². The molecule has 0 saturated carbocycles. The Morgan fingerprint density at radius 3 is 2.59 bits per heavy atom. The van der Waals surface area contributed by atoms with Crippen molar-refractivity contribution in [2.75, 3.05) is 18.0 Å². The summed E-state index contributed by atoms with van der Waals surface area (Å²) in [5.41, 5.74) is 5.61. The summed E-state index contributed by atoms with van der Waals surface area (Å²) in [4.78, 5) is 23.7. The molecule has 0 unspecified atom stereocenters. The van der Waals surface area contributed by atoms with E-state index < -0.39 is 0 Å². The second-order valence-electron chi connectivity index (χ2n) is 10.8. The van der Waals surface area contributed by atoms with Crippen LogP contribution in [-0.4, -0.2) is 55.9 Å². The molecule has 3 aromatic heterocycles. The van der Waals surface area contributed by atoms with Crippen LogP contribution in [0.3, 0.4) is 0 Å². The maximum absolute atomic E-state index is 12.6. The molecule has 1 saturated heterocycles. The molecule has 5 rings (SSSR count). The largest absolute Gasteiger partial charge is 0.372 e. The number of fused-ring (bicyclic) bond motifs is 1. The van der Waals surface area contributed by atoms with Gasteiger partial charge in [0.15, 0.2) is 0 Å². The van der Waals surface area contributed by atoms with E-state index in [0.717, 1.165) is 46.7 Å². The summed E-state index contributed by atoms with van der Waals surface area (Å²) in [5, 5.41) is 11.1. The average molecular weight is 504 g/mol. The number of aromatic nitrogens is 5. The Hall–Kier alpha value is -3.79. The van der Waals surface area contributed by atoms with E-state index in [2.05, 4.69) is 56.4 Å². The van der Waals surface area contributed by atoms with E-state index in [1.54, 1.807) is 6.33 Å². The first-order chi connectivity index (χ1) is 17.6. The molecule has 1 N–H and O–H groups in total. The molecule has 1 fully saturated rings. The maximum Gasteiger partial charge on any atom is 0.292 e. The Balaban J connectivity index is 1.33. The average Bonchev–Trinajstić information content (AvgIpc) is 3.50. The zero-order chi connectivity index (χ0) is 26.3. The molecule has 4 aromatic rings. The molecule has 2 atom stereocenters. The van der Waals surface area contributed by atoms with Crippen LogP contribution >= 0.6 is 0 Å². The lowest BCUT2D eigenvalue weighted by Crippen LogP contribution is -2.45. The maximum atomic E-state index is 12.6. The third-order valence-electron chi connectivity index (χ3n) is 6.50. The Labute approximate surface area is 216 Å². The predicted molar refractivity (Wildman–Crippen MR) is 140 cm³/mol. The van der Waals surface area contributed by atoms with Crippen LogP contribution in [0.5, 0.6) is 0 Å². The molecule has 0 bridgehead atoms. The molecule has 1 aromatic carbocycles. The van der Waals surface area contributed by atoms with Gasteiger partial charge < -0.3 is 19.5 Å². The number of hydrogen-bond donors (Lipinski definition) is 1. The molecule has 0 aliphatic carbocycles. The zero-order valence-electron chi connectivity index (χ0n) is 22.1. The van der Waals surface area contributed by atoms with Crippen LogP contribution in [0.2, 0.25) is 0 Å². The van der Waals surface area contributed by atoms with Crippen molar-refractivity contribution in [3.8, 4) is 11.3 Å². The van der Waals surface area contributed by atoms with E-state index in [0.29, 0.717) is 12.4 Å². The second kappa shape index (κ2) is 9.59. The highest BCUT2D eigenvalue weighted by atomic mass is 16.5. The molecule has 0 radical (unpaired) electrons. The first kappa shape index (κ1) is 24.9. The molecule has 4 heterocycles. The minimum Gasteiger partial charge on any atom is -0.372 e. The first-order valence-corrected chi connectivity index (χ1v) is 12.5. The summed E-state index contributed by atoms with van der Waals surface area (Å²) in [6, 6.07) is 8.26. The van der Waals surface area contributed by atoms with Crippen LogP contribution in [0.4, 0.5) is 5.69 Å². The molecular formula is C27H33N7O3. The monoisotopic (exact) mass is 503 g/mol. The van der Waals surface area contributed by atoms with Gasteiger partial charge in [-0.05, 0) is 44.0 Å². The van der Waals surface area contributed by atoms with Crippen molar-refractivity contribution in [2.24, 2.45) is 0 Å². The summed E-state index contributed by atoms with van der Waals surface area (Å²) >= 11 is 0. The summed E-state index contributed by atoms with van der Waals surface area (Å²) in [7, 11) is 0. The smallest absolute Gasteiger partial charge is 0.292 e. The van der Waals surface area contributed by atoms with Crippen LogP contribution in [0, 0.1) is 6.92 Å². The number of ether oxygens (including phenoxy) is 1. The van der Waals surface area contributed by atoms with Gasteiger partial charge in [0.25, 0.3) is 11.7 Å². The minimum absolute atomic E-state index is 0.0377. The van der Waals surface area contributed by atoms with Crippen LogP contribution < -0.4 is 10.2 Å². The van der Waals surface area contributed by atoms with E-state index in [9.17, 15) is 4.79 Å². The summed E-state index contributed by atoms with van der Waals surface area (Å²) in [5.74, 6) is 0.101. The van der Waals surface area contributed by atoms with Crippen LogP contribution in [-0.2, 0) is 16.7 Å². The van der Waals surface area contributed by atoms with Crippen molar-refractivity contribution < 1.29 is 14.1 Å². The van der Waals surface area contributed by atoms with Crippen molar-refractivity contribution in [3.05, 3.63) is 59.6 Å². The third-order valence-corrected chi connectivity index (χ3v) is 6.50. The fraction of sp³-hybridized carbons (Fsp3) is 0.444. The van der Waals surface area contributed by atoms with Crippen molar-refractivity contribution in [3.63, 3.8) is 0 Å². The van der Waals surface area contributed by atoms with Crippen molar-refractivity contribution in [2.45, 2.75) is 65.7 Å². The van der Waals surface area contributed by atoms with Crippen LogP contribution in [0.25, 0.3) is 16.8 Å². The summed E-state index contributed by atoms with van der Waals surface area (Å²) in [6.45, 7) is 14.1. The Bertz CT molecular complexity index is 1430. The number of hydrogen-bond acceptors (Lipinski definition) is 8. The van der Waals surface area contributed by atoms with Crippen molar-refractivity contribution in [1.82, 2.24) is 30.1 Å². The number of nitrogens with one attached hydrogen (secondary N) is 1. The number of nitrogens with zero attached hydrogens (tertiary/aromatic N) is 6. The highest BCUT2D eigenvalue weighted by Gasteiger charge is 2.25. The predicted octanol–water partition coefficient (Wildman–Crippen LogP) is 3.93. The molecule has 194 valence electrons. The van der Waals surface area contributed by atoms with E-state index in [-0.39, 0.29) is 29.4 Å². The molecule has 1 aliphatic heterocycles. The third kappa shape index (κ3) is 5.20. The highest BCUT2D eigenvalue weighted by Crippen LogP contribution is 2.29. The molecule has 1 aliphatic rings. The number of carbonyl (C=O) groups is 1. The lowest BCUT2D eigenvalue weighted by Gasteiger charge is -2.36. The molecule has 10 heteroatoms. The van der Waals surface area contributed by atoms with Gasteiger partial charge in [-0.2, -0.15) is 10.1 Å². The molecule has 10 nitrogen and oxygen atoms in total. The Kier molecular flexibility index (Phi) is 6.45. The van der Waals surface area contributed by atoms with Gasteiger partial charge in [-0.3, -0.25) is 4.79 Å². The van der Waals surface area contributed by atoms with E-state index in [1.165, 1.54) is 0 Å². The number of benzene rings is 1. The van der Waals surface area contributed by atoms with Crippen LogP contribution in [0.15, 0.2) is 41.3 Å². The van der Waals surface area contributed by atoms with Crippen LogP contribution in [0.1, 0.15) is 62.3 Å². The molecule has 1 amide bonds. The standard InChI is InChI=1S/C27H33N7O3/c1-16-9-19(7-8-20(16)11-28-25(35)24-31-26(37-32-24)27(4,5)6)23-22-10-21(14-34(22)30-15-29-23)33-12-17(2)36-18(3)13-33/h7-10,14-15,17-18H,11-13H2,1-6H3,(H,28,35)/t17-,18-/m0/s1. The first-order valence-electron chi connectivity index (χ1n) is 12.5. The van der Waals surface area contributed by atoms with Gasteiger partial charge in [-0.15, -0.1) is 0 Å². The topological polar surface area (TPSA) is 111 Å². The zero-order valence-corrected chi connectivity index (χ0v) is 22.1. The van der Waals surface area contributed by atoms with Gasteiger partial charge in [0.05, 0.1) is 35.3 Å². The number of aryl methyl sites for hydroxylation is 1. The fourth-order valence-electron chi connectivity index (χ4n) is 4.62. The number of carbonyl (C=O) groups excluding carboxylic acids is 1. The number of anilines is 1. The van der Waals surface area contributed by atoms with Gasteiger partial charge in [-0.1, -0.05) is 38.1 Å². The lowest BCUT2D eigenvalue weighted by atomic mass is 9.97. The quantitative estimate of drug-likeness (QED) is 0.436. The van der Waals surface area contributed by atoms with E-state index >= 15 is 0 Å². The lowest BCUT2D eigenvalue weighted by molar-refractivity contribution is -0.00521. The molecule has 37 heavy (non-hydrogen) atoms. The highest BCUT2D eigenvalue weighted by molar-refractivity contribution is 5.90. The summed E-state index contributed by atoms with van der Waals surface area (Å²) in [6.07, 6.45) is 3.98. The normalized spacial score (nSPS) is 18.4. The number of amides is 1. The Morgan fingerprint density at radius 2 is 1.92 bits per heavy atom. The van der Waals surface area contributed by atoms with Crippen molar-refractivity contribution >= 4 is 17.1 Å². The Morgan fingerprint density at radius 1 is 1.16 bits per heavy atom. The van der Waals surface area contributed by atoms with E-state index in [4.69, 9.17) is 9.26 Å². The van der Waals surface area contributed by atoms with E-state index in [1.807, 2.05) is 50.5 Å². The van der Waals surface area contributed by atoms with Gasteiger partial charge in [0.2, 0.25) is 5.89 Å². The second-order valence-corrected chi connectivity index (χ2v) is 10.8. The molecular weight excluding hydrogens is 470 g/mol. The SMILES string of the molecule is Cc1cc(-c2ncnn3cc(N4C[C@H](C)O[C@@H](C)C4)cc23)ccc1CNC(=O)c1noc(C(C)(C)C)n1. The van der Waals surface area contributed by atoms with Gasteiger partial charge >= 0.3 is 0 Å². The van der Waals surface area contributed by atoms with Gasteiger partial charge in [0.1, 0.15) is 6.33 Å². The fourth-order valence-corrected chi connectivity index (χ4v) is 4.62. The van der Waals surface area contributed by atoms with Gasteiger partial charge in [-0.25, -0.2) is 9.50 Å².